The molecule has 4 heteroatoms. The van der Waals surface area contributed by atoms with Gasteiger partial charge >= 0.3 is 0 Å². The van der Waals surface area contributed by atoms with Crippen molar-refractivity contribution in [1.29, 1.82) is 0 Å². The van der Waals surface area contributed by atoms with Crippen LogP contribution < -0.4 is 4.90 Å². The Balaban J connectivity index is 1.86. The number of carbonyl (C=O) groups excluding carboxylic acids is 2. The third kappa shape index (κ3) is 2.51. The van der Waals surface area contributed by atoms with Crippen LogP contribution in [0, 0.1) is 0 Å². The van der Waals surface area contributed by atoms with Crippen molar-refractivity contribution in [3.8, 4) is 0 Å². The standard InChI is InChI=1S/C17H14BrNO2/c1-19-15-5-3-2-4-13(15)14(17(19)21)10-16(20)11-6-8-12(18)9-7-11/h2-9,14H,10H2,1H3. The van der Waals surface area contributed by atoms with Crippen molar-refractivity contribution in [2.45, 2.75) is 12.3 Å². The summed E-state index contributed by atoms with van der Waals surface area (Å²) in [7, 11) is 1.76. The van der Waals surface area contributed by atoms with Crippen molar-refractivity contribution < 1.29 is 9.59 Å². The Morgan fingerprint density at radius 1 is 1.14 bits per heavy atom. The largest absolute Gasteiger partial charge is 0.315 e. The number of amides is 1. The lowest BCUT2D eigenvalue weighted by Gasteiger charge is -2.10. The molecule has 0 N–H and O–H groups in total. The fraction of sp³-hybridized carbons (Fsp3) is 0.176. The molecule has 21 heavy (non-hydrogen) atoms. The summed E-state index contributed by atoms with van der Waals surface area (Å²) in [6.45, 7) is 0. The van der Waals surface area contributed by atoms with E-state index < -0.39 is 0 Å². The maximum atomic E-state index is 12.4. The number of halogens is 1. The van der Waals surface area contributed by atoms with Gasteiger partial charge in [0.2, 0.25) is 5.91 Å². The Morgan fingerprint density at radius 2 is 1.81 bits per heavy atom. The second-order valence-electron chi connectivity index (χ2n) is 5.14. The van der Waals surface area contributed by atoms with Gasteiger partial charge in [-0.25, -0.2) is 0 Å². The summed E-state index contributed by atoms with van der Waals surface area (Å²) in [6.07, 6.45) is 0.210. The number of ketones is 1. The van der Waals surface area contributed by atoms with Crippen LogP contribution in [0.15, 0.2) is 53.0 Å². The van der Waals surface area contributed by atoms with Gasteiger partial charge < -0.3 is 4.90 Å². The second kappa shape index (κ2) is 5.45. The summed E-state index contributed by atoms with van der Waals surface area (Å²) in [6, 6.07) is 14.9. The van der Waals surface area contributed by atoms with Crippen LogP contribution in [0.4, 0.5) is 5.69 Å². The Bertz CT molecular complexity index is 709. The van der Waals surface area contributed by atoms with Crippen LogP contribution in [0.2, 0.25) is 0 Å². The molecule has 3 nitrogen and oxygen atoms in total. The first kappa shape index (κ1) is 14.0. The molecule has 1 unspecified atom stereocenters. The number of anilines is 1. The number of carbonyl (C=O) groups is 2. The first-order valence-electron chi connectivity index (χ1n) is 6.73. The molecule has 1 heterocycles. The molecule has 2 aromatic carbocycles. The molecule has 0 fully saturated rings. The molecule has 1 atom stereocenters. The second-order valence-corrected chi connectivity index (χ2v) is 6.06. The smallest absolute Gasteiger partial charge is 0.234 e. The average Bonchev–Trinajstić information content (AvgIpc) is 2.73. The van der Waals surface area contributed by atoms with Crippen LogP contribution >= 0.6 is 15.9 Å². The molecule has 0 saturated carbocycles. The minimum absolute atomic E-state index is 0.00838. The summed E-state index contributed by atoms with van der Waals surface area (Å²) in [4.78, 5) is 26.4. The maximum Gasteiger partial charge on any atom is 0.234 e. The predicted molar refractivity (Wildman–Crippen MR) is 85.7 cm³/mol. The van der Waals surface area contributed by atoms with E-state index in [1.165, 1.54) is 0 Å². The van der Waals surface area contributed by atoms with Crippen molar-refractivity contribution in [2.24, 2.45) is 0 Å². The highest BCUT2D eigenvalue weighted by Gasteiger charge is 2.36. The molecule has 0 bridgehead atoms. The Labute approximate surface area is 131 Å². The van der Waals surface area contributed by atoms with Gasteiger partial charge in [-0.1, -0.05) is 46.3 Å². The van der Waals surface area contributed by atoms with Crippen LogP contribution in [0.25, 0.3) is 0 Å². The molecular formula is C17H14BrNO2. The first-order chi connectivity index (χ1) is 10.1. The van der Waals surface area contributed by atoms with Gasteiger partial charge in [0, 0.05) is 29.2 Å². The summed E-state index contributed by atoms with van der Waals surface area (Å²) < 4.78 is 0.932. The van der Waals surface area contributed by atoms with Crippen molar-refractivity contribution >= 4 is 33.3 Å². The van der Waals surface area contributed by atoms with E-state index >= 15 is 0 Å². The lowest BCUT2D eigenvalue weighted by atomic mass is 9.93. The zero-order chi connectivity index (χ0) is 15.0. The van der Waals surface area contributed by atoms with Crippen molar-refractivity contribution in [3.63, 3.8) is 0 Å². The molecule has 0 radical (unpaired) electrons. The average molecular weight is 344 g/mol. The maximum absolute atomic E-state index is 12.4. The van der Waals surface area contributed by atoms with Crippen LogP contribution in [-0.4, -0.2) is 18.7 Å². The number of fused-ring (bicyclic) bond motifs is 1. The van der Waals surface area contributed by atoms with E-state index in [4.69, 9.17) is 0 Å². The molecular weight excluding hydrogens is 330 g/mol. The zero-order valence-electron chi connectivity index (χ0n) is 11.5. The molecule has 2 aromatic rings. The number of hydrogen-bond acceptors (Lipinski definition) is 2. The van der Waals surface area contributed by atoms with Gasteiger partial charge in [0.05, 0.1) is 5.92 Å². The summed E-state index contributed by atoms with van der Waals surface area (Å²) >= 11 is 3.35. The van der Waals surface area contributed by atoms with Gasteiger partial charge in [-0.3, -0.25) is 9.59 Å². The molecule has 0 spiro atoms. The fourth-order valence-corrected chi connectivity index (χ4v) is 2.97. The van der Waals surface area contributed by atoms with Gasteiger partial charge in [-0.2, -0.15) is 0 Å². The van der Waals surface area contributed by atoms with Crippen LogP contribution in [0.5, 0.6) is 0 Å². The van der Waals surface area contributed by atoms with Gasteiger partial charge in [-0.15, -0.1) is 0 Å². The highest BCUT2D eigenvalue weighted by atomic mass is 79.9. The Hall–Kier alpha value is -1.94. The van der Waals surface area contributed by atoms with Crippen molar-refractivity contribution in [1.82, 2.24) is 0 Å². The Kier molecular flexibility index (Phi) is 3.64. The normalized spacial score (nSPS) is 17.0. The topological polar surface area (TPSA) is 37.4 Å². The SMILES string of the molecule is CN1C(=O)C(CC(=O)c2ccc(Br)cc2)c2ccccc21. The number of Topliss-reactive ketones (excluding diaryl/α,β-unsaturated/α-hetero) is 1. The Morgan fingerprint density at radius 3 is 2.52 bits per heavy atom. The number of para-hydroxylation sites is 1. The molecule has 0 saturated heterocycles. The zero-order valence-corrected chi connectivity index (χ0v) is 13.1. The molecule has 0 aromatic heterocycles. The highest BCUT2D eigenvalue weighted by molar-refractivity contribution is 9.10. The van der Waals surface area contributed by atoms with E-state index in [9.17, 15) is 9.59 Å². The van der Waals surface area contributed by atoms with Gasteiger partial charge in [0.25, 0.3) is 0 Å². The monoisotopic (exact) mass is 343 g/mol. The molecule has 1 aliphatic heterocycles. The quantitative estimate of drug-likeness (QED) is 0.795. The van der Waals surface area contributed by atoms with E-state index in [1.54, 1.807) is 24.1 Å². The lowest BCUT2D eigenvalue weighted by molar-refractivity contribution is -0.119. The van der Waals surface area contributed by atoms with Crippen LogP contribution in [0.3, 0.4) is 0 Å². The van der Waals surface area contributed by atoms with E-state index in [0.29, 0.717) is 5.56 Å². The minimum atomic E-state index is -0.373. The number of benzene rings is 2. The lowest BCUT2D eigenvalue weighted by Crippen LogP contribution is -2.25. The fourth-order valence-electron chi connectivity index (χ4n) is 2.71. The van der Waals surface area contributed by atoms with Gasteiger partial charge in [0.15, 0.2) is 5.78 Å². The minimum Gasteiger partial charge on any atom is -0.315 e. The third-order valence-corrected chi connectivity index (χ3v) is 4.39. The van der Waals surface area contributed by atoms with Crippen molar-refractivity contribution in [2.75, 3.05) is 11.9 Å². The number of likely N-dealkylation sites (N-methyl/N-ethyl adjacent to an activating group) is 1. The van der Waals surface area contributed by atoms with Crippen molar-refractivity contribution in [3.05, 3.63) is 64.1 Å². The van der Waals surface area contributed by atoms with E-state index in [1.807, 2.05) is 36.4 Å². The molecule has 3 rings (SSSR count). The summed E-state index contributed by atoms with van der Waals surface area (Å²) in [5, 5.41) is 0. The predicted octanol–water partition coefficient (Wildman–Crippen LogP) is 3.78. The number of nitrogens with zero attached hydrogens (tertiary/aromatic N) is 1. The highest BCUT2D eigenvalue weighted by Crippen LogP contribution is 2.38. The molecule has 106 valence electrons. The van der Waals surface area contributed by atoms with Crippen LogP contribution in [0.1, 0.15) is 28.3 Å². The number of rotatable bonds is 3. The summed E-state index contributed by atoms with van der Waals surface area (Å²) in [5.41, 5.74) is 2.48. The van der Waals surface area contributed by atoms with E-state index in [2.05, 4.69) is 15.9 Å². The molecule has 1 amide bonds. The molecule has 0 aliphatic carbocycles. The van der Waals surface area contributed by atoms with Gasteiger partial charge in [0.1, 0.15) is 0 Å². The first-order valence-corrected chi connectivity index (χ1v) is 7.52. The van der Waals surface area contributed by atoms with Crippen LogP contribution in [-0.2, 0) is 4.79 Å². The summed E-state index contributed by atoms with van der Waals surface area (Å²) in [5.74, 6) is -0.394. The van der Waals surface area contributed by atoms with E-state index in [0.717, 1.165) is 15.7 Å². The number of hydrogen-bond donors (Lipinski definition) is 0. The van der Waals surface area contributed by atoms with Gasteiger partial charge in [-0.05, 0) is 23.8 Å². The van der Waals surface area contributed by atoms with E-state index in [-0.39, 0.29) is 24.0 Å². The molecule has 1 aliphatic rings. The third-order valence-electron chi connectivity index (χ3n) is 3.86.